The fourth-order valence-electron chi connectivity index (χ4n) is 2.72. The smallest absolute Gasteiger partial charge is 0.317 e. The lowest BCUT2D eigenvalue weighted by Crippen LogP contribution is -2.50. The van der Waals surface area contributed by atoms with Crippen molar-refractivity contribution in [3.05, 3.63) is 47.2 Å². The molecule has 1 aliphatic heterocycles. The van der Waals surface area contributed by atoms with Crippen LogP contribution in [0, 0.1) is 0 Å². The van der Waals surface area contributed by atoms with Gasteiger partial charge in [0.2, 0.25) is 0 Å². The van der Waals surface area contributed by atoms with Crippen molar-refractivity contribution in [3.8, 4) is 11.3 Å². The van der Waals surface area contributed by atoms with Gasteiger partial charge in [0, 0.05) is 43.8 Å². The molecule has 0 bridgehead atoms. The molecule has 1 aromatic carbocycles. The summed E-state index contributed by atoms with van der Waals surface area (Å²) in [5.74, 6) is 1.78. The number of benzene rings is 1. The van der Waals surface area contributed by atoms with Crippen LogP contribution in [0.2, 0.25) is 5.02 Å². The van der Waals surface area contributed by atoms with Gasteiger partial charge in [-0.15, -0.1) is 0 Å². The fourth-order valence-corrected chi connectivity index (χ4v) is 2.85. The van der Waals surface area contributed by atoms with E-state index in [0.717, 1.165) is 54.8 Å². The number of nitrogens with one attached hydrogen (secondary N) is 1. The molecule has 1 N–H and O–H groups in total. The van der Waals surface area contributed by atoms with Gasteiger partial charge in [-0.05, 0) is 36.4 Å². The fraction of sp³-hybridized carbons (Fsp3) is 0.353. The van der Waals surface area contributed by atoms with Crippen molar-refractivity contribution in [2.75, 3.05) is 33.2 Å². The van der Waals surface area contributed by atoms with Crippen LogP contribution >= 0.6 is 11.6 Å². The minimum absolute atomic E-state index is 0.00678. The van der Waals surface area contributed by atoms with Crippen molar-refractivity contribution < 1.29 is 9.21 Å². The van der Waals surface area contributed by atoms with Crippen molar-refractivity contribution >= 4 is 17.6 Å². The summed E-state index contributed by atoms with van der Waals surface area (Å²) in [6.45, 7) is 3.94. The quantitative estimate of drug-likeness (QED) is 0.939. The summed E-state index contributed by atoms with van der Waals surface area (Å²) in [7, 11) is 1.66. The molecule has 6 heteroatoms. The van der Waals surface area contributed by atoms with Gasteiger partial charge >= 0.3 is 6.03 Å². The molecule has 1 fully saturated rings. The number of carbonyl (C=O) groups is 1. The van der Waals surface area contributed by atoms with E-state index in [1.807, 2.05) is 41.3 Å². The number of furan rings is 1. The minimum atomic E-state index is -0.00678. The predicted molar refractivity (Wildman–Crippen MR) is 90.5 cm³/mol. The molecule has 0 unspecified atom stereocenters. The lowest BCUT2D eigenvalue weighted by molar-refractivity contribution is 0.131. The minimum Gasteiger partial charge on any atom is -0.460 e. The number of piperazine rings is 1. The topological polar surface area (TPSA) is 48.7 Å². The maximum absolute atomic E-state index is 11.6. The van der Waals surface area contributed by atoms with Crippen molar-refractivity contribution in [3.63, 3.8) is 0 Å². The number of amides is 2. The number of urea groups is 1. The molecular formula is C17H20ClN3O2. The van der Waals surface area contributed by atoms with Crippen LogP contribution in [0.15, 0.2) is 40.8 Å². The molecule has 2 aromatic rings. The van der Waals surface area contributed by atoms with Gasteiger partial charge in [0.1, 0.15) is 11.5 Å². The lowest BCUT2D eigenvalue weighted by Gasteiger charge is -2.33. The van der Waals surface area contributed by atoms with Crippen molar-refractivity contribution in [2.24, 2.45) is 0 Å². The number of rotatable bonds is 3. The van der Waals surface area contributed by atoms with Gasteiger partial charge in [-0.3, -0.25) is 4.90 Å². The SMILES string of the molecule is CNC(=O)N1CCN(Cc2ccc(-c3ccc(Cl)cc3)o2)CC1. The molecule has 3 rings (SSSR count). The normalized spacial score (nSPS) is 15.7. The van der Waals surface area contributed by atoms with E-state index >= 15 is 0 Å². The molecule has 122 valence electrons. The monoisotopic (exact) mass is 333 g/mol. The average molecular weight is 334 g/mol. The van der Waals surface area contributed by atoms with E-state index in [0.29, 0.717) is 0 Å². The van der Waals surface area contributed by atoms with Crippen LogP contribution in [0.25, 0.3) is 11.3 Å². The molecule has 2 amide bonds. The molecule has 0 atom stereocenters. The Labute approximate surface area is 140 Å². The van der Waals surface area contributed by atoms with Crippen LogP contribution in [0.3, 0.4) is 0 Å². The highest BCUT2D eigenvalue weighted by Crippen LogP contribution is 2.24. The second kappa shape index (κ2) is 7.06. The van der Waals surface area contributed by atoms with Gasteiger partial charge in [-0.1, -0.05) is 11.6 Å². The summed E-state index contributed by atoms with van der Waals surface area (Å²) in [6, 6.07) is 11.6. The maximum Gasteiger partial charge on any atom is 0.317 e. The third-order valence-electron chi connectivity index (χ3n) is 4.04. The molecule has 5 nitrogen and oxygen atoms in total. The van der Waals surface area contributed by atoms with Crippen molar-refractivity contribution in [2.45, 2.75) is 6.54 Å². The number of carbonyl (C=O) groups excluding carboxylic acids is 1. The number of hydrogen-bond acceptors (Lipinski definition) is 3. The van der Waals surface area contributed by atoms with Gasteiger partial charge in [-0.2, -0.15) is 0 Å². The lowest BCUT2D eigenvalue weighted by atomic mass is 10.2. The Hall–Kier alpha value is -1.98. The van der Waals surface area contributed by atoms with E-state index in [1.165, 1.54) is 0 Å². The molecule has 0 spiro atoms. The first-order valence-electron chi connectivity index (χ1n) is 7.69. The van der Waals surface area contributed by atoms with Crippen LogP contribution in [0.1, 0.15) is 5.76 Å². The molecule has 0 radical (unpaired) electrons. The standard InChI is InChI=1S/C17H20ClN3O2/c1-19-17(22)21-10-8-20(9-11-21)12-15-6-7-16(23-15)13-2-4-14(18)5-3-13/h2-7H,8-12H2,1H3,(H,19,22). The van der Waals surface area contributed by atoms with E-state index in [-0.39, 0.29) is 6.03 Å². The summed E-state index contributed by atoms with van der Waals surface area (Å²) in [5.41, 5.74) is 1.02. The predicted octanol–water partition coefficient (Wildman–Crippen LogP) is 3.06. The summed E-state index contributed by atoms with van der Waals surface area (Å²) in [5, 5.41) is 3.38. The van der Waals surface area contributed by atoms with Gasteiger partial charge in [-0.25, -0.2) is 4.79 Å². The zero-order valence-corrected chi connectivity index (χ0v) is 13.8. The zero-order valence-electron chi connectivity index (χ0n) is 13.1. The number of hydrogen-bond donors (Lipinski definition) is 1. The molecule has 1 saturated heterocycles. The van der Waals surface area contributed by atoms with E-state index in [4.69, 9.17) is 16.0 Å². The summed E-state index contributed by atoms with van der Waals surface area (Å²) < 4.78 is 5.93. The van der Waals surface area contributed by atoms with E-state index in [1.54, 1.807) is 7.05 Å². The van der Waals surface area contributed by atoms with Gasteiger partial charge in [0.05, 0.1) is 6.54 Å². The Balaban J connectivity index is 1.58. The van der Waals surface area contributed by atoms with Crippen molar-refractivity contribution in [1.29, 1.82) is 0 Å². The first kappa shape index (κ1) is 15.9. The molecule has 2 heterocycles. The highest BCUT2D eigenvalue weighted by atomic mass is 35.5. The Morgan fingerprint density at radius 1 is 1.13 bits per heavy atom. The van der Waals surface area contributed by atoms with Gasteiger partial charge in [0.25, 0.3) is 0 Å². The first-order valence-corrected chi connectivity index (χ1v) is 8.07. The van der Waals surface area contributed by atoms with Gasteiger partial charge in [0.15, 0.2) is 0 Å². The van der Waals surface area contributed by atoms with Crippen LogP contribution in [-0.4, -0.2) is 49.1 Å². The van der Waals surface area contributed by atoms with Crippen LogP contribution in [0.4, 0.5) is 4.79 Å². The summed E-state index contributed by atoms with van der Waals surface area (Å²) in [4.78, 5) is 15.7. The second-order valence-electron chi connectivity index (χ2n) is 5.59. The number of halogens is 1. The third kappa shape index (κ3) is 3.86. The Bertz CT molecular complexity index is 661. The van der Waals surface area contributed by atoms with Crippen LogP contribution in [-0.2, 0) is 6.54 Å². The zero-order chi connectivity index (χ0) is 16.2. The summed E-state index contributed by atoms with van der Waals surface area (Å²) in [6.07, 6.45) is 0. The van der Waals surface area contributed by atoms with Crippen LogP contribution < -0.4 is 5.32 Å². The third-order valence-corrected chi connectivity index (χ3v) is 4.30. The van der Waals surface area contributed by atoms with Crippen LogP contribution in [0.5, 0.6) is 0 Å². The number of nitrogens with zero attached hydrogens (tertiary/aromatic N) is 2. The first-order chi connectivity index (χ1) is 11.2. The second-order valence-corrected chi connectivity index (χ2v) is 6.03. The van der Waals surface area contributed by atoms with Crippen molar-refractivity contribution in [1.82, 2.24) is 15.1 Å². The molecule has 0 aliphatic carbocycles. The summed E-state index contributed by atoms with van der Waals surface area (Å²) >= 11 is 5.91. The molecule has 1 aromatic heterocycles. The molecule has 23 heavy (non-hydrogen) atoms. The molecule has 0 saturated carbocycles. The Kier molecular flexibility index (Phi) is 4.88. The van der Waals surface area contributed by atoms with E-state index in [9.17, 15) is 4.79 Å². The van der Waals surface area contributed by atoms with E-state index < -0.39 is 0 Å². The largest absolute Gasteiger partial charge is 0.460 e. The Morgan fingerprint density at radius 2 is 1.83 bits per heavy atom. The maximum atomic E-state index is 11.6. The highest BCUT2D eigenvalue weighted by molar-refractivity contribution is 6.30. The Morgan fingerprint density at radius 3 is 2.48 bits per heavy atom. The highest BCUT2D eigenvalue weighted by Gasteiger charge is 2.21. The average Bonchev–Trinajstić information content (AvgIpc) is 3.04. The molecule has 1 aliphatic rings. The van der Waals surface area contributed by atoms with E-state index in [2.05, 4.69) is 10.2 Å². The van der Waals surface area contributed by atoms with Gasteiger partial charge < -0.3 is 14.6 Å². The molecular weight excluding hydrogens is 314 g/mol.